The van der Waals surface area contributed by atoms with Crippen molar-refractivity contribution in [2.24, 2.45) is 5.92 Å². The third kappa shape index (κ3) is 3.56. The van der Waals surface area contributed by atoms with Crippen LogP contribution in [0.5, 0.6) is 0 Å². The molecule has 1 aromatic rings. The summed E-state index contributed by atoms with van der Waals surface area (Å²) in [6.07, 6.45) is 0.926. The van der Waals surface area contributed by atoms with Crippen molar-refractivity contribution < 1.29 is 8.42 Å². The lowest BCUT2D eigenvalue weighted by molar-refractivity contribution is 0.528. The molecule has 0 amide bonds. The Kier molecular flexibility index (Phi) is 4.88. The van der Waals surface area contributed by atoms with Crippen LogP contribution in [0, 0.1) is 24.2 Å². The van der Waals surface area contributed by atoms with Crippen molar-refractivity contribution in [3.05, 3.63) is 29.3 Å². The molecule has 0 heterocycles. The Morgan fingerprint density at radius 1 is 1.44 bits per heavy atom. The quantitative estimate of drug-likeness (QED) is 0.888. The van der Waals surface area contributed by atoms with Gasteiger partial charge < -0.3 is 0 Å². The molecule has 1 rings (SSSR count). The number of nitrogens with one attached hydrogen (secondary N) is 1. The number of nitrogens with zero attached hydrogens (tertiary/aromatic N) is 1. The van der Waals surface area contributed by atoms with Gasteiger partial charge in [-0.1, -0.05) is 20.3 Å². The number of rotatable bonds is 5. The Bertz CT molecular complexity index is 559. The molecule has 1 N–H and O–H groups in total. The number of benzene rings is 1. The molecule has 0 saturated heterocycles. The summed E-state index contributed by atoms with van der Waals surface area (Å²) >= 11 is 0. The minimum atomic E-state index is -3.47. The summed E-state index contributed by atoms with van der Waals surface area (Å²) < 4.78 is 26.6. The molecule has 98 valence electrons. The van der Waals surface area contributed by atoms with E-state index in [-0.39, 0.29) is 4.90 Å². The normalized spacial score (nSPS) is 13.0. The highest BCUT2D eigenvalue weighted by Crippen LogP contribution is 2.15. The van der Waals surface area contributed by atoms with E-state index < -0.39 is 10.0 Å². The van der Waals surface area contributed by atoms with E-state index in [0.717, 1.165) is 6.42 Å². The second-order valence-electron chi connectivity index (χ2n) is 4.45. The zero-order chi connectivity index (χ0) is 13.8. The number of sulfonamides is 1. The lowest BCUT2D eigenvalue weighted by atomic mass is 10.1. The van der Waals surface area contributed by atoms with Crippen molar-refractivity contribution in [3.8, 4) is 6.07 Å². The molecule has 0 saturated carbocycles. The fourth-order valence-electron chi connectivity index (χ4n) is 1.41. The molecule has 0 bridgehead atoms. The molecule has 1 atom stereocenters. The van der Waals surface area contributed by atoms with Gasteiger partial charge in [-0.05, 0) is 36.6 Å². The predicted molar refractivity (Wildman–Crippen MR) is 70.5 cm³/mol. The van der Waals surface area contributed by atoms with Gasteiger partial charge in [0.1, 0.15) is 0 Å². The second kappa shape index (κ2) is 5.98. The van der Waals surface area contributed by atoms with Crippen LogP contribution in [0.25, 0.3) is 0 Å². The molecular formula is C13H18N2O2S. The fraction of sp³-hybridized carbons (Fsp3) is 0.462. The average Bonchev–Trinajstić information content (AvgIpc) is 2.35. The lowest BCUT2D eigenvalue weighted by Gasteiger charge is -2.11. The van der Waals surface area contributed by atoms with Gasteiger partial charge in [0.25, 0.3) is 0 Å². The first-order valence-corrected chi connectivity index (χ1v) is 7.39. The van der Waals surface area contributed by atoms with Crippen LogP contribution < -0.4 is 4.72 Å². The summed E-state index contributed by atoms with van der Waals surface area (Å²) in [4.78, 5) is 0.210. The Labute approximate surface area is 109 Å². The summed E-state index contributed by atoms with van der Waals surface area (Å²) in [5.41, 5.74) is 1.17. The van der Waals surface area contributed by atoms with E-state index in [1.165, 1.54) is 18.2 Å². The van der Waals surface area contributed by atoms with Gasteiger partial charge in [0.15, 0.2) is 0 Å². The van der Waals surface area contributed by atoms with Crippen LogP contribution in [0.1, 0.15) is 31.4 Å². The number of hydrogen-bond acceptors (Lipinski definition) is 3. The monoisotopic (exact) mass is 266 g/mol. The smallest absolute Gasteiger partial charge is 0.211 e. The van der Waals surface area contributed by atoms with Crippen LogP contribution in [-0.4, -0.2) is 15.0 Å². The van der Waals surface area contributed by atoms with E-state index in [0.29, 0.717) is 23.6 Å². The van der Waals surface area contributed by atoms with Gasteiger partial charge in [-0.15, -0.1) is 0 Å². The molecule has 0 aliphatic rings. The van der Waals surface area contributed by atoms with Crippen molar-refractivity contribution in [1.29, 1.82) is 5.26 Å². The van der Waals surface area contributed by atoms with Crippen LogP contribution in [0.4, 0.5) is 0 Å². The van der Waals surface area contributed by atoms with Gasteiger partial charge in [0.2, 0.25) is 10.0 Å². The van der Waals surface area contributed by atoms with Crippen molar-refractivity contribution in [1.82, 2.24) is 4.72 Å². The van der Waals surface area contributed by atoms with E-state index in [9.17, 15) is 8.42 Å². The first kappa shape index (κ1) is 14.7. The molecule has 0 spiro atoms. The zero-order valence-electron chi connectivity index (χ0n) is 10.9. The van der Waals surface area contributed by atoms with E-state index >= 15 is 0 Å². The Hall–Kier alpha value is -1.38. The zero-order valence-corrected chi connectivity index (χ0v) is 11.7. The summed E-state index contributed by atoms with van der Waals surface area (Å²) in [7, 11) is -3.47. The van der Waals surface area contributed by atoms with E-state index in [4.69, 9.17) is 5.26 Å². The first-order chi connectivity index (χ1) is 8.40. The third-order valence-corrected chi connectivity index (χ3v) is 4.37. The predicted octanol–water partition coefficient (Wildman–Crippen LogP) is 2.19. The minimum absolute atomic E-state index is 0.210. The molecule has 4 nitrogen and oxygen atoms in total. The molecule has 0 aliphatic carbocycles. The van der Waals surface area contributed by atoms with Crippen molar-refractivity contribution in [3.63, 3.8) is 0 Å². The molecule has 0 fully saturated rings. The molecule has 5 heteroatoms. The molecule has 1 aromatic carbocycles. The summed E-state index contributed by atoms with van der Waals surface area (Å²) in [6.45, 7) is 6.17. The standard InChI is InChI=1S/C13H18N2O2S/c1-4-10(2)9-15-18(16,17)13-6-5-12(8-14)11(3)7-13/h5-7,10,15H,4,9H2,1-3H3. The Balaban J connectivity index is 2.93. The van der Waals surface area contributed by atoms with Crippen LogP contribution in [0.2, 0.25) is 0 Å². The van der Waals surface area contributed by atoms with Gasteiger partial charge in [-0.2, -0.15) is 5.26 Å². The van der Waals surface area contributed by atoms with Gasteiger partial charge in [-0.25, -0.2) is 13.1 Å². The van der Waals surface area contributed by atoms with Gasteiger partial charge in [0, 0.05) is 6.54 Å². The summed E-state index contributed by atoms with van der Waals surface area (Å²) in [6, 6.07) is 6.54. The van der Waals surface area contributed by atoms with Crippen molar-refractivity contribution in [2.45, 2.75) is 32.1 Å². The average molecular weight is 266 g/mol. The number of aryl methyl sites for hydroxylation is 1. The van der Waals surface area contributed by atoms with E-state index in [1.807, 2.05) is 19.9 Å². The topological polar surface area (TPSA) is 70.0 Å². The number of nitriles is 1. The van der Waals surface area contributed by atoms with Crippen LogP contribution in [-0.2, 0) is 10.0 Å². The Morgan fingerprint density at radius 3 is 2.61 bits per heavy atom. The summed E-state index contributed by atoms with van der Waals surface area (Å²) in [5, 5.41) is 8.81. The summed E-state index contributed by atoms with van der Waals surface area (Å²) in [5.74, 6) is 0.305. The molecule has 0 radical (unpaired) electrons. The maximum absolute atomic E-state index is 12.0. The highest BCUT2D eigenvalue weighted by molar-refractivity contribution is 7.89. The highest BCUT2D eigenvalue weighted by atomic mass is 32.2. The minimum Gasteiger partial charge on any atom is -0.211 e. The molecule has 0 aliphatic heterocycles. The maximum Gasteiger partial charge on any atom is 0.240 e. The van der Waals surface area contributed by atoms with Gasteiger partial charge in [-0.3, -0.25) is 0 Å². The van der Waals surface area contributed by atoms with Crippen LogP contribution in [0.3, 0.4) is 0 Å². The van der Waals surface area contributed by atoms with Crippen molar-refractivity contribution >= 4 is 10.0 Å². The SMILES string of the molecule is CCC(C)CNS(=O)(=O)c1ccc(C#N)c(C)c1. The lowest BCUT2D eigenvalue weighted by Crippen LogP contribution is -2.28. The highest BCUT2D eigenvalue weighted by Gasteiger charge is 2.15. The van der Waals surface area contributed by atoms with E-state index in [1.54, 1.807) is 6.92 Å². The molecule has 18 heavy (non-hydrogen) atoms. The van der Waals surface area contributed by atoms with Crippen LogP contribution in [0.15, 0.2) is 23.1 Å². The molecule has 1 unspecified atom stereocenters. The van der Waals surface area contributed by atoms with Crippen molar-refractivity contribution in [2.75, 3.05) is 6.54 Å². The van der Waals surface area contributed by atoms with E-state index in [2.05, 4.69) is 4.72 Å². The molecular weight excluding hydrogens is 248 g/mol. The molecule has 0 aromatic heterocycles. The third-order valence-electron chi connectivity index (χ3n) is 2.95. The second-order valence-corrected chi connectivity index (χ2v) is 6.22. The first-order valence-electron chi connectivity index (χ1n) is 5.91. The van der Waals surface area contributed by atoms with Crippen LogP contribution >= 0.6 is 0 Å². The van der Waals surface area contributed by atoms with Gasteiger partial charge >= 0.3 is 0 Å². The number of hydrogen-bond donors (Lipinski definition) is 1. The van der Waals surface area contributed by atoms with Gasteiger partial charge in [0.05, 0.1) is 16.5 Å². The Morgan fingerprint density at radius 2 is 2.11 bits per heavy atom. The fourth-order valence-corrected chi connectivity index (χ4v) is 2.66. The maximum atomic E-state index is 12.0. The largest absolute Gasteiger partial charge is 0.240 e.